The van der Waals surface area contributed by atoms with Crippen LogP contribution in [0.15, 0.2) is 42.7 Å². The maximum Gasteiger partial charge on any atom is 0.0561 e. The van der Waals surface area contributed by atoms with Crippen molar-refractivity contribution in [1.29, 1.82) is 0 Å². The molecule has 0 aliphatic carbocycles. The molecule has 2 aromatic rings. The third kappa shape index (κ3) is 3.42. The Labute approximate surface area is 149 Å². The maximum atomic E-state index is 6.02. The van der Waals surface area contributed by atoms with Gasteiger partial charge in [0, 0.05) is 35.9 Å². The number of pyridine rings is 1. The molecule has 3 nitrogen and oxygen atoms in total. The predicted molar refractivity (Wildman–Crippen MR) is 101 cm³/mol. The van der Waals surface area contributed by atoms with Crippen LogP contribution in [0.5, 0.6) is 0 Å². The molecule has 0 saturated carbocycles. The van der Waals surface area contributed by atoms with Crippen LogP contribution in [-0.4, -0.2) is 42.1 Å². The van der Waals surface area contributed by atoms with Gasteiger partial charge >= 0.3 is 0 Å². The SMILES string of the molecule is Clc1ccc(-c2cncc(N3CCN4CCCC3CCC4)c2)cc1. The summed E-state index contributed by atoms with van der Waals surface area (Å²) in [6.45, 7) is 4.82. The molecule has 24 heavy (non-hydrogen) atoms. The molecule has 5 rings (SSSR count). The highest BCUT2D eigenvalue weighted by Gasteiger charge is 2.25. The van der Waals surface area contributed by atoms with Crippen LogP contribution in [0.4, 0.5) is 5.69 Å². The molecule has 3 fully saturated rings. The Kier molecular flexibility index (Phi) is 4.72. The van der Waals surface area contributed by atoms with Gasteiger partial charge in [-0.1, -0.05) is 23.7 Å². The van der Waals surface area contributed by atoms with E-state index in [0.717, 1.165) is 11.6 Å². The van der Waals surface area contributed by atoms with Crippen molar-refractivity contribution < 1.29 is 0 Å². The maximum absolute atomic E-state index is 6.02. The van der Waals surface area contributed by atoms with Crippen LogP contribution in [-0.2, 0) is 0 Å². The van der Waals surface area contributed by atoms with Crippen LogP contribution in [0, 0.1) is 0 Å². The molecule has 0 unspecified atom stereocenters. The molecule has 0 N–H and O–H groups in total. The van der Waals surface area contributed by atoms with Gasteiger partial charge in [-0.25, -0.2) is 0 Å². The largest absolute Gasteiger partial charge is 0.366 e. The number of nitrogens with zero attached hydrogens (tertiary/aromatic N) is 3. The number of halogens is 1. The van der Waals surface area contributed by atoms with E-state index in [4.69, 9.17) is 11.6 Å². The minimum absolute atomic E-state index is 0.662. The van der Waals surface area contributed by atoms with Gasteiger partial charge in [0.05, 0.1) is 11.9 Å². The summed E-state index contributed by atoms with van der Waals surface area (Å²) in [6, 6.07) is 11.0. The number of fused-ring (bicyclic) bond motifs is 6. The molecule has 4 heterocycles. The molecular weight excluding hydrogens is 318 g/mol. The fraction of sp³-hybridized carbons (Fsp3) is 0.450. The molecule has 0 radical (unpaired) electrons. The van der Waals surface area contributed by atoms with Gasteiger partial charge in [-0.3, -0.25) is 4.98 Å². The Balaban J connectivity index is 1.63. The van der Waals surface area contributed by atoms with E-state index in [1.807, 2.05) is 24.5 Å². The average molecular weight is 342 g/mol. The minimum atomic E-state index is 0.662. The van der Waals surface area contributed by atoms with Crippen LogP contribution in [0.1, 0.15) is 25.7 Å². The lowest BCUT2D eigenvalue weighted by Crippen LogP contribution is -2.47. The third-order valence-electron chi connectivity index (χ3n) is 5.35. The second-order valence-electron chi connectivity index (χ2n) is 6.91. The van der Waals surface area contributed by atoms with Crippen molar-refractivity contribution in [3.05, 3.63) is 47.7 Å². The molecule has 0 amide bonds. The third-order valence-corrected chi connectivity index (χ3v) is 5.61. The van der Waals surface area contributed by atoms with Crippen LogP contribution in [0.3, 0.4) is 0 Å². The Hall–Kier alpha value is -1.58. The topological polar surface area (TPSA) is 19.4 Å². The number of anilines is 1. The van der Waals surface area contributed by atoms with E-state index < -0.39 is 0 Å². The zero-order chi connectivity index (χ0) is 16.4. The first-order chi connectivity index (χ1) is 11.8. The van der Waals surface area contributed by atoms with E-state index in [9.17, 15) is 0 Å². The van der Waals surface area contributed by atoms with Crippen molar-refractivity contribution in [2.45, 2.75) is 31.7 Å². The first kappa shape index (κ1) is 15.9. The van der Waals surface area contributed by atoms with Crippen molar-refractivity contribution in [1.82, 2.24) is 9.88 Å². The molecule has 1 aromatic carbocycles. The second kappa shape index (κ2) is 7.12. The summed E-state index contributed by atoms with van der Waals surface area (Å²) < 4.78 is 0. The zero-order valence-electron chi connectivity index (χ0n) is 14.0. The number of hydrogen-bond acceptors (Lipinski definition) is 3. The predicted octanol–water partition coefficient (Wildman–Crippen LogP) is 4.47. The zero-order valence-corrected chi connectivity index (χ0v) is 14.8. The lowest BCUT2D eigenvalue weighted by molar-refractivity contribution is 0.217. The molecule has 126 valence electrons. The van der Waals surface area contributed by atoms with Gasteiger partial charge < -0.3 is 9.80 Å². The molecule has 3 saturated heterocycles. The first-order valence-corrected chi connectivity index (χ1v) is 9.37. The summed E-state index contributed by atoms with van der Waals surface area (Å²) in [6.07, 6.45) is 9.18. The van der Waals surface area contributed by atoms with Crippen LogP contribution >= 0.6 is 11.6 Å². The summed E-state index contributed by atoms with van der Waals surface area (Å²) in [5.41, 5.74) is 3.60. The first-order valence-electron chi connectivity index (χ1n) is 8.99. The minimum Gasteiger partial charge on any atom is -0.366 e. The second-order valence-corrected chi connectivity index (χ2v) is 7.35. The highest BCUT2D eigenvalue weighted by molar-refractivity contribution is 6.30. The number of aromatic nitrogens is 1. The quantitative estimate of drug-likeness (QED) is 0.803. The summed E-state index contributed by atoms with van der Waals surface area (Å²) in [5, 5.41) is 0.772. The Morgan fingerprint density at radius 2 is 1.62 bits per heavy atom. The van der Waals surface area contributed by atoms with Crippen molar-refractivity contribution in [2.24, 2.45) is 0 Å². The van der Waals surface area contributed by atoms with E-state index in [0.29, 0.717) is 6.04 Å². The van der Waals surface area contributed by atoms with Crippen molar-refractivity contribution >= 4 is 17.3 Å². The van der Waals surface area contributed by atoms with Gasteiger partial charge in [0.1, 0.15) is 0 Å². The average Bonchev–Trinajstić information content (AvgIpc) is 2.54. The molecular formula is C20H24ClN3. The van der Waals surface area contributed by atoms with Crippen molar-refractivity contribution in [2.75, 3.05) is 31.1 Å². The van der Waals surface area contributed by atoms with E-state index in [1.165, 1.54) is 62.1 Å². The van der Waals surface area contributed by atoms with E-state index >= 15 is 0 Å². The summed E-state index contributed by atoms with van der Waals surface area (Å²) >= 11 is 6.02. The number of hydrogen-bond donors (Lipinski definition) is 0. The fourth-order valence-corrected chi connectivity index (χ4v) is 4.18. The number of benzene rings is 1. The van der Waals surface area contributed by atoms with Gasteiger partial charge in [0.25, 0.3) is 0 Å². The number of rotatable bonds is 2. The standard InChI is InChI=1S/C20H24ClN3/c21-18-7-5-16(6-8-18)17-13-20(15-22-14-17)24-12-11-23-9-1-3-19(24)4-2-10-23/h5-8,13-15,19H,1-4,9-12H2. The van der Waals surface area contributed by atoms with Gasteiger partial charge in [-0.05, 0) is 62.5 Å². The summed E-state index contributed by atoms with van der Waals surface area (Å²) in [5.74, 6) is 0. The Morgan fingerprint density at radius 3 is 2.38 bits per heavy atom. The van der Waals surface area contributed by atoms with Gasteiger partial charge in [0.15, 0.2) is 0 Å². The normalized spacial score (nSPS) is 24.3. The van der Waals surface area contributed by atoms with Crippen LogP contribution in [0.2, 0.25) is 5.02 Å². The van der Waals surface area contributed by atoms with E-state index in [2.05, 4.69) is 33.0 Å². The Bertz CT molecular complexity index is 676. The monoisotopic (exact) mass is 341 g/mol. The van der Waals surface area contributed by atoms with Gasteiger partial charge in [-0.15, -0.1) is 0 Å². The smallest absolute Gasteiger partial charge is 0.0561 e. The molecule has 3 aliphatic rings. The fourth-order valence-electron chi connectivity index (χ4n) is 4.05. The van der Waals surface area contributed by atoms with Crippen molar-refractivity contribution in [3.63, 3.8) is 0 Å². The van der Waals surface area contributed by atoms with E-state index in [1.54, 1.807) is 0 Å². The molecule has 4 heteroatoms. The van der Waals surface area contributed by atoms with Gasteiger partial charge in [0.2, 0.25) is 0 Å². The molecule has 2 bridgehead atoms. The molecule has 0 spiro atoms. The highest BCUT2D eigenvalue weighted by Crippen LogP contribution is 2.29. The van der Waals surface area contributed by atoms with E-state index in [-0.39, 0.29) is 0 Å². The highest BCUT2D eigenvalue weighted by atomic mass is 35.5. The van der Waals surface area contributed by atoms with Crippen LogP contribution in [0.25, 0.3) is 11.1 Å². The van der Waals surface area contributed by atoms with Crippen molar-refractivity contribution in [3.8, 4) is 11.1 Å². The molecule has 3 aliphatic heterocycles. The lowest BCUT2D eigenvalue weighted by Gasteiger charge is -2.41. The molecule has 1 aromatic heterocycles. The van der Waals surface area contributed by atoms with Crippen LogP contribution < -0.4 is 4.90 Å². The lowest BCUT2D eigenvalue weighted by atomic mass is 9.98. The summed E-state index contributed by atoms with van der Waals surface area (Å²) in [4.78, 5) is 9.75. The molecule has 0 atom stereocenters. The van der Waals surface area contributed by atoms with Gasteiger partial charge in [-0.2, -0.15) is 0 Å². The Morgan fingerprint density at radius 1 is 0.875 bits per heavy atom. The summed E-state index contributed by atoms with van der Waals surface area (Å²) in [7, 11) is 0.